The van der Waals surface area contributed by atoms with Crippen molar-refractivity contribution in [3.05, 3.63) is 162 Å². The monoisotopic (exact) mass is 533 g/mol. The summed E-state index contributed by atoms with van der Waals surface area (Å²) in [6.45, 7) is 0. The van der Waals surface area contributed by atoms with Crippen LogP contribution < -0.4 is 0 Å². The minimum Gasteiger partial charge on any atom is -0.309 e. The molecule has 2 aromatic heterocycles. The van der Waals surface area contributed by atoms with E-state index in [-0.39, 0.29) is 5.41 Å². The fourth-order valence-electron chi connectivity index (χ4n) is 8.02. The van der Waals surface area contributed by atoms with Crippen molar-refractivity contribution in [3.8, 4) is 28.2 Å². The van der Waals surface area contributed by atoms with E-state index in [2.05, 4.69) is 136 Å². The molecule has 0 amide bonds. The van der Waals surface area contributed by atoms with Gasteiger partial charge in [-0.15, -0.1) is 0 Å². The van der Waals surface area contributed by atoms with Gasteiger partial charge in [-0.1, -0.05) is 97.1 Å². The molecular weight excluding hydrogens is 510 g/mol. The average Bonchev–Trinajstić information content (AvgIpc) is 3.56. The molecule has 42 heavy (non-hydrogen) atoms. The quantitative estimate of drug-likeness (QED) is 0.222. The number of hydrogen-bond acceptors (Lipinski definition) is 2. The van der Waals surface area contributed by atoms with Crippen molar-refractivity contribution in [1.29, 1.82) is 0 Å². The van der Waals surface area contributed by atoms with Gasteiger partial charge >= 0.3 is 0 Å². The van der Waals surface area contributed by atoms with Gasteiger partial charge in [-0.2, -0.15) is 0 Å². The standard InChI is InChI=1S/C39H23N3/c1-3-14-29-27(12-1)28-13-2-4-15-30(28)39(29)31-16-6-9-24-19-20-34-37(35(24)31)36-32(39)17-7-18-33(36)42(34)26-11-5-10-25(23-26)38-40-21-8-22-41-38/h1-23H. The lowest BCUT2D eigenvalue weighted by Crippen LogP contribution is -2.30. The van der Waals surface area contributed by atoms with E-state index in [0.717, 1.165) is 17.1 Å². The van der Waals surface area contributed by atoms with Crippen LogP contribution in [0.15, 0.2) is 140 Å². The second-order valence-electron chi connectivity index (χ2n) is 11.4. The summed E-state index contributed by atoms with van der Waals surface area (Å²) < 4.78 is 2.43. The Kier molecular flexibility index (Phi) is 4.12. The highest BCUT2D eigenvalue weighted by atomic mass is 15.0. The summed E-state index contributed by atoms with van der Waals surface area (Å²) in [6, 6.07) is 46.8. The predicted octanol–water partition coefficient (Wildman–Crippen LogP) is 9.07. The summed E-state index contributed by atoms with van der Waals surface area (Å²) in [5, 5.41) is 5.31. The minimum atomic E-state index is -0.389. The molecule has 0 unspecified atom stereocenters. The molecule has 8 aromatic rings. The number of hydrogen-bond donors (Lipinski definition) is 0. The van der Waals surface area contributed by atoms with Gasteiger partial charge in [0, 0.05) is 34.4 Å². The van der Waals surface area contributed by atoms with Gasteiger partial charge in [0.2, 0.25) is 0 Å². The van der Waals surface area contributed by atoms with E-state index in [4.69, 9.17) is 0 Å². The van der Waals surface area contributed by atoms with E-state index in [1.807, 2.05) is 6.07 Å². The third kappa shape index (κ3) is 2.53. The van der Waals surface area contributed by atoms with Crippen molar-refractivity contribution in [2.75, 3.05) is 0 Å². The molecule has 6 aromatic carbocycles. The van der Waals surface area contributed by atoms with Gasteiger partial charge in [0.25, 0.3) is 0 Å². The smallest absolute Gasteiger partial charge is 0.159 e. The van der Waals surface area contributed by atoms with Crippen LogP contribution in [0.5, 0.6) is 0 Å². The minimum absolute atomic E-state index is 0.389. The third-order valence-electron chi connectivity index (χ3n) is 9.49. The van der Waals surface area contributed by atoms with Crippen molar-refractivity contribution >= 4 is 32.6 Å². The first-order valence-corrected chi connectivity index (χ1v) is 14.4. The summed E-state index contributed by atoms with van der Waals surface area (Å²) in [7, 11) is 0. The second kappa shape index (κ2) is 7.80. The molecule has 0 N–H and O–H groups in total. The fraction of sp³-hybridized carbons (Fsp3) is 0.0256. The van der Waals surface area contributed by atoms with Gasteiger partial charge in [0.1, 0.15) is 0 Å². The number of rotatable bonds is 2. The molecule has 1 spiro atoms. The maximum Gasteiger partial charge on any atom is 0.159 e. The molecule has 0 fully saturated rings. The lowest BCUT2D eigenvalue weighted by Gasteiger charge is -2.37. The Hall–Kier alpha value is -5.54. The lowest BCUT2D eigenvalue weighted by molar-refractivity contribution is 0.783. The zero-order valence-electron chi connectivity index (χ0n) is 22.6. The highest BCUT2D eigenvalue weighted by molar-refractivity contribution is 6.26. The van der Waals surface area contributed by atoms with Gasteiger partial charge in [0.05, 0.1) is 16.4 Å². The molecule has 3 nitrogen and oxygen atoms in total. The normalized spacial score (nSPS) is 13.9. The molecule has 2 heterocycles. The van der Waals surface area contributed by atoms with E-state index >= 15 is 0 Å². The van der Waals surface area contributed by atoms with E-state index in [1.165, 1.54) is 66.0 Å². The van der Waals surface area contributed by atoms with Crippen LogP contribution in [0.1, 0.15) is 22.3 Å². The predicted molar refractivity (Wildman–Crippen MR) is 170 cm³/mol. The zero-order valence-corrected chi connectivity index (χ0v) is 22.6. The second-order valence-corrected chi connectivity index (χ2v) is 11.4. The summed E-state index contributed by atoms with van der Waals surface area (Å²) in [6.07, 6.45) is 3.60. The highest BCUT2D eigenvalue weighted by Gasteiger charge is 2.49. The Labute approximate surface area is 242 Å². The van der Waals surface area contributed by atoms with Crippen molar-refractivity contribution in [3.63, 3.8) is 0 Å². The van der Waals surface area contributed by atoms with Gasteiger partial charge in [-0.05, 0) is 74.5 Å². The van der Waals surface area contributed by atoms with Crippen LogP contribution in [0.3, 0.4) is 0 Å². The van der Waals surface area contributed by atoms with E-state index in [9.17, 15) is 0 Å². The lowest BCUT2D eigenvalue weighted by atomic mass is 9.63. The molecule has 0 bridgehead atoms. The Balaban J connectivity index is 1.40. The van der Waals surface area contributed by atoms with Crippen molar-refractivity contribution in [2.24, 2.45) is 0 Å². The molecule has 3 heteroatoms. The maximum absolute atomic E-state index is 4.53. The third-order valence-corrected chi connectivity index (χ3v) is 9.49. The average molecular weight is 534 g/mol. The van der Waals surface area contributed by atoms with Gasteiger partial charge in [-0.25, -0.2) is 9.97 Å². The molecule has 2 aliphatic carbocycles. The largest absolute Gasteiger partial charge is 0.309 e. The maximum atomic E-state index is 4.53. The van der Waals surface area contributed by atoms with E-state index in [1.54, 1.807) is 12.4 Å². The first-order chi connectivity index (χ1) is 20.9. The zero-order chi connectivity index (χ0) is 27.4. The SMILES string of the molecule is c1cnc(-c2cccc(-n3c4cccc5c4c4c6c(cccc6ccc43)C53c4ccccc4-c4ccccc43)c2)nc1. The van der Waals surface area contributed by atoms with Crippen LogP contribution >= 0.6 is 0 Å². The van der Waals surface area contributed by atoms with E-state index in [0.29, 0.717) is 0 Å². The molecule has 10 rings (SSSR count). The number of aromatic nitrogens is 3. The van der Waals surface area contributed by atoms with Crippen LogP contribution in [-0.2, 0) is 5.41 Å². The van der Waals surface area contributed by atoms with E-state index < -0.39 is 0 Å². The van der Waals surface area contributed by atoms with Crippen LogP contribution in [0, 0.1) is 0 Å². The van der Waals surface area contributed by atoms with Crippen LogP contribution in [-0.4, -0.2) is 14.5 Å². The molecule has 0 aliphatic heterocycles. The molecule has 0 saturated heterocycles. The number of benzene rings is 6. The Morgan fingerprint density at radius 1 is 0.476 bits per heavy atom. The Morgan fingerprint density at radius 2 is 1.12 bits per heavy atom. The molecular formula is C39H23N3. The summed E-state index contributed by atoms with van der Waals surface area (Å²) in [4.78, 5) is 9.06. The molecule has 0 atom stereocenters. The first-order valence-electron chi connectivity index (χ1n) is 14.4. The van der Waals surface area contributed by atoms with Crippen LogP contribution in [0.2, 0.25) is 0 Å². The first kappa shape index (κ1) is 22.2. The highest BCUT2D eigenvalue weighted by Crippen LogP contribution is 2.61. The van der Waals surface area contributed by atoms with Crippen LogP contribution in [0.4, 0.5) is 0 Å². The van der Waals surface area contributed by atoms with Crippen molar-refractivity contribution < 1.29 is 0 Å². The number of fused-ring (bicyclic) bond motifs is 7. The van der Waals surface area contributed by atoms with Crippen LogP contribution in [0.25, 0.3) is 60.8 Å². The molecule has 2 aliphatic rings. The topological polar surface area (TPSA) is 30.7 Å². The summed E-state index contributed by atoms with van der Waals surface area (Å²) in [5.41, 5.74) is 12.3. The summed E-state index contributed by atoms with van der Waals surface area (Å²) >= 11 is 0. The number of nitrogens with zero attached hydrogens (tertiary/aromatic N) is 3. The Morgan fingerprint density at radius 3 is 1.90 bits per heavy atom. The molecule has 0 radical (unpaired) electrons. The van der Waals surface area contributed by atoms with Gasteiger partial charge < -0.3 is 4.57 Å². The van der Waals surface area contributed by atoms with Gasteiger partial charge in [-0.3, -0.25) is 0 Å². The van der Waals surface area contributed by atoms with Gasteiger partial charge in [0.15, 0.2) is 5.82 Å². The summed E-state index contributed by atoms with van der Waals surface area (Å²) in [5.74, 6) is 0.732. The Bertz CT molecular complexity index is 2370. The molecule has 0 saturated carbocycles. The van der Waals surface area contributed by atoms with Crippen molar-refractivity contribution in [1.82, 2.24) is 14.5 Å². The molecule has 194 valence electrons. The van der Waals surface area contributed by atoms with Crippen molar-refractivity contribution in [2.45, 2.75) is 5.41 Å². The fourth-order valence-corrected chi connectivity index (χ4v) is 8.02.